The molecule has 1 unspecified atom stereocenters. The van der Waals surface area contributed by atoms with Gasteiger partial charge in [0.25, 0.3) is 11.5 Å². The number of H-pyrrole nitrogens is 2. The minimum Gasteiger partial charge on any atom is -0.376 e. The van der Waals surface area contributed by atoms with E-state index in [9.17, 15) is 14.4 Å². The summed E-state index contributed by atoms with van der Waals surface area (Å²) in [6, 6.07) is 6.54. The van der Waals surface area contributed by atoms with E-state index in [-0.39, 0.29) is 18.3 Å². The van der Waals surface area contributed by atoms with Crippen molar-refractivity contribution in [2.45, 2.75) is 25.5 Å². The van der Waals surface area contributed by atoms with Crippen LogP contribution >= 0.6 is 0 Å². The van der Waals surface area contributed by atoms with E-state index in [0.29, 0.717) is 13.2 Å². The lowest BCUT2D eigenvalue weighted by molar-refractivity contribution is 0.0499. The lowest BCUT2D eigenvalue weighted by atomic mass is 10.2. The average molecular weight is 330 g/mol. The minimum absolute atomic E-state index is 0.0438. The number of hydrogen-bond donors (Lipinski definition) is 2. The number of aromatic amines is 2. The van der Waals surface area contributed by atoms with Gasteiger partial charge in [0.15, 0.2) is 0 Å². The van der Waals surface area contributed by atoms with Crippen LogP contribution in [0.25, 0.3) is 0 Å². The smallest absolute Gasteiger partial charge is 0.326 e. The molecule has 0 aromatic carbocycles. The maximum atomic E-state index is 12.8. The second-order valence-electron chi connectivity index (χ2n) is 5.64. The number of ether oxygens (including phenoxy) is 1. The molecule has 1 saturated heterocycles. The van der Waals surface area contributed by atoms with Crippen LogP contribution in [-0.2, 0) is 11.3 Å². The predicted molar refractivity (Wildman–Crippen MR) is 85.6 cm³/mol. The molecule has 1 atom stereocenters. The summed E-state index contributed by atoms with van der Waals surface area (Å²) in [5, 5.41) is 0. The summed E-state index contributed by atoms with van der Waals surface area (Å²) in [6.07, 6.45) is 3.43. The van der Waals surface area contributed by atoms with Crippen LogP contribution in [0.4, 0.5) is 0 Å². The Morgan fingerprint density at radius 1 is 1.33 bits per heavy atom. The second-order valence-corrected chi connectivity index (χ2v) is 5.64. The van der Waals surface area contributed by atoms with Crippen molar-refractivity contribution in [2.75, 3.05) is 13.2 Å². The highest BCUT2D eigenvalue weighted by molar-refractivity contribution is 5.92. The Morgan fingerprint density at radius 2 is 2.21 bits per heavy atom. The van der Waals surface area contributed by atoms with Crippen molar-refractivity contribution < 1.29 is 9.53 Å². The Hall–Kier alpha value is -2.74. The molecule has 0 bridgehead atoms. The molecular weight excluding hydrogens is 312 g/mol. The molecule has 1 aliphatic rings. The molecule has 0 radical (unpaired) electrons. The molecule has 1 amide bonds. The van der Waals surface area contributed by atoms with E-state index in [1.807, 2.05) is 12.1 Å². The summed E-state index contributed by atoms with van der Waals surface area (Å²) in [7, 11) is 0. The van der Waals surface area contributed by atoms with Crippen LogP contribution in [0.5, 0.6) is 0 Å². The topological polar surface area (TPSA) is 108 Å². The summed E-state index contributed by atoms with van der Waals surface area (Å²) in [4.78, 5) is 45.8. The average Bonchev–Trinajstić information content (AvgIpc) is 3.07. The van der Waals surface area contributed by atoms with Crippen LogP contribution in [0.1, 0.15) is 29.0 Å². The third-order valence-electron chi connectivity index (χ3n) is 3.81. The van der Waals surface area contributed by atoms with E-state index < -0.39 is 17.2 Å². The van der Waals surface area contributed by atoms with Crippen molar-refractivity contribution in [3.63, 3.8) is 0 Å². The highest BCUT2D eigenvalue weighted by Gasteiger charge is 2.24. The molecule has 2 aromatic heterocycles. The molecule has 3 heterocycles. The molecule has 8 nitrogen and oxygen atoms in total. The quantitative estimate of drug-likeness (QED) is 0.818. The van der Waals surface area contributed by atoms with Crippen LogP contribution in [0.15, 0.2) is 40.1 Å². The highest BCUT2D eigenvalue weighted by Crippen LogP contribution is 2.16. The molecule has 0 aliphatic carbocycles. The zero-order valence-electron chi connectivity index (χ0n) is 13.0. The fourth-order valence-electron chi connectivity index (χ4n) is 2.69. The molecule has 2 aromatic rings. The monoisotopic (exact) mass is 330 g/mol. The van der Waals surface area contributed by atoms with E-state index in [1.165, 1.54) is 0 Å². The van der Waals surface area contributed by atoms with Gasteiger partial charge in [0.2, 0.25) is 0 Å². The van der Waals surface area contributed by atoms with Gasteiger partial charge >= 0.3 is 5.69 Å². The Balaban J connectivity index is 1.85. The number of hydrogen-bond acceptors (Lipinski definition) is 5. The molecule has 2 N–H and O–H groups in total. The fraction of sp³-hybridized carbons (Fsp3) is 0.375. The normalized spacial score (nSPS) is 16.9. The molecule has 126 valence electrons. The van der Waals surface area contributed by atoms with Gasteiger partial charge < -0.3 is 14.6 Å². The molecule has 0 saturated carbocycles. The van der Waals surface area contributed by atoms with Crippen molar-refractivity contribution >= 4 is 5.91 Å². The van der Waals surface area contributed by atoms with Crippen LogP contribution in [0.2, 0.25) is 0 Å². The number of aromatic nitrogens is 3. The third kappa shape index (κ3) is 3.96. The zero-order chi connectivity index (χ0) is 16.9. The summed E-state index contributed by atoms with van der Waals surface area (Å²) < 4.78 is 5.60. The summed E-state index contributed by atoms with van der Waals surface area (Å²) in [5.41, 5.74) is -0.647. The van der Waals surface area contributed by atoms with E-state index in [0.717, 1.165) is 24.6 Å². The van der Waals surface area contributed by atoms with Gasteiger partial charge in [-0.15, -0.1) is 0 Å². The fourth-order valence-corrected chi connectivity index (χ4v) is 2.69. The third-order valence-corrected chi connectivity index (χ3v) is 3.81. The molecule has 24 heavy (non-hydrogen) atoms. The van der Waals surface area contributed by atoms with Crippen molar-refractivity contribution in [1.29, 1.82) is 0 Å². The van der Waals surface area contributed by atoms with Crippen molar-refractivity contribution in [2.24, 2.45) is 0 Å². The minimum atomic E-state index is -0.708. The van der Waals surface area contributed by atoms with Gasteiger partial charge in [0.05, 0.1) is 18.3 Å². The van der Waals surface area contributed by atoms with E-state index in [2.05, 4.69) is 15.0 Å². The van der Waals surface area contributed by atoms with Gasteiger partial charge in [-0.2, -0.15) is 0 Å². The van der Waals surface area contributed by atoms with E-state index >= 15 is 0 Å². The van der Waals surface area contributed by atoms with Crippen LogP contribution in [-0.4, -0.2) is 45.0 Å². The molecule has 8 heteroatoms. The first-order valence-corrected chi connectivity index (χ1v) is 7.76. The Labute approximate surface area is 137 Å². The number of pyridine rings is 1. The number of carbonyl (C=O) groups is 1. The van der Waals surface area contributed by atoms with Gasteiger partial charge in [0.1, 0.15) is 5.69 Å². The van der Waals surface area contributed by atoms with Gasteiger partial charge in [-0.3, -0.25) is 19.6 Å². The van der Waals surface area contributed by atoms with Crippen molar-refractivity contribution in [3.8, 4) is 0 Å². The van der Waals surface area contributed by atoms with Crippen LogP contribution in [0, 0.1) is 0 Å². The first kappa shape index (κ1) is 16.1. The van der Waals surface area contributed by atoms with Gasteiger partial charge in [-0.1, -0.05) is 6.07 Å². The second kappa shape index (κ2) is 7.22. The summed E-state index contributed by atoms with van der Waals surface area (Å²) >= 11 is 0. The van der Waals surface area contributed by atoms with Gasteiger partial charge in [0, 0.05) is 25.4 Å². The summed E-state index contributed by atoms with van der Waals surface area (Å²) in [6.45, 7) is 1.33. The standard InChI is InChI=1S/C16H18N4O4/c21-14-8-13(18-16(23)19-14)15(22)20(10-12-5-3-7-24-12)9-11-4-1-2-6-17-11/h1-2,4,6,8,12H,3,5,7,9-10H2,(H2,18,19,21,23). The Morgan fingerprint density at radius 3 is 2.88 bits per heavy atom. The van der Waals surface area contributed by atoms with Gasteiger partial charge in [-0.05, 0) is 25.0 Å². The van der Waals surface area contributed by atoms with E-state index in [4.69, 9.17) is 4.74 Å². The molecule has 0 spiro atoms. The van der Waals surface area contributed by atoms with Crippen molar-refractivity contribution in [1.82, 2.24) is 19.9 Å². The number of nitrogens with zero attached hydrogens (tertiary/aromatic N) is 2. The lowest BCUT2D eigenvalue weighted by Crippen LogP contribution is -2.39. The SMILES string of the molecule is O=C(c1cc(=O)[nH]c(=O)[nH]1)N(Cc1ccccn1)CC1CCCO1. The first-order chi connectivity index (χ1) is 11.6. The van der Waals surface area contributed by atoms with Crippen LogP contribution in [0.3, 0.4) is 0 Å². The Bertz CT molecular complexity index is 780. The number of amides is 1. The number of nitrogens with one attached hydrogen (secondary N) is 2. The predicted octanol–water partition coefficient (Wildman–Crippen LogP) is 0.280. The first-order valence-electron chi connectivity index (χ1n) is 7.76. The largest absolute Gasteiger partial charge is 0.376 e. The number of carbonyl (C=O) groups excluding carboxylic acids is 1. The zero-order valence-corrected chi connectivity index (χ0v) is 13.0. The molecule has 3 rings (SSSR count). The number of rotatable bonds is 5. The van der Waals surface area contributed by atoms with Crippen LogP contribution < -0.4 is 11.2 Å². The van der Waals surface area contributed by atoms with E-state index in [1.54, 1.807) is 17.2 Å². The maximum Gasteiger partial charge on any atom is 0.326 e. The maximum absolute atomic E-state index is 12.8. The molecular formula is C16H18N4O4. The van der Waals surface area contributed by atoms with Gasteiger partial charge in [-0.25, -0.2) is 4.79 Å². The van der Waals surface area contributed by atoms with Crippen molar-refractivity contribution in [3.05, 3.63) is 62.7 Å². The molecule has 1 fully saturated rings. The summed E-state index contributed by atoms with van der Waals surface area (Å²) in [5.74, 6) is -0.431. The Kier molecular flexibility index (Phi) is 4.85. The highest BCUT2D eigenvalue weighted by atomic mass is 16.5. The lowest BCUT2D eigenvalue weighted by Gasteiger charge is -2.25. The molecule has 1 aliphatic heterocycles.